The van der Waals surface area contributed by atoms with Crippen LogP contribution in [0.25, 0.3) is 10.6 Å². The zero-order valence-corrected chi connectivity index (χ0v) is 17.2. The predicted molar refractivity (Wildman–Crippen MR) is 115 cm³/mol. The molecule has 1 saturated heterocycles. The first-order valence-corrected chi connectivity index (χ1v) is 10.8. The lowest BCUT2D eigenvalue weighted by atomic mass is 9.82. The van der Waals surface area contributed by atoms with Crippen LogP contribution in [0.5, 0.6) is 0 Å². The highest BCUT2D eigenvalue weighted by Gasteiger charge is 2.43. The Kier molecular flexibility index (Phi) is 4.67. The van der Waals surface area contributed by atoms with Gasteiger partial charge in [-0.05, 0) is 42.7 Å². The predicted octanol–water partition coefficient (Wildman–Crippen LogP) is 2.78. The highest BCUT2D eigenvalue weighted by Crippen LogP contribution is 2.46. The van der Waals surface area contributed by atoms with E-state index in [-0.39, 0.29) is 17.1 Å². The maximum atomic E-state index is 12.8. The summed E-state index contributed by atoms with van der Waals surface area (Å²) in [6.07, 6.45) is 3.86. The number of rotatable bonds is 2. The molecule has 0 bridgehead atoms. The van der Waals surface area contributed by atoms with Crippen LogP contribution >= 0.6 is 11.3 Å². The third kappa shape index (κ3) is 3.32. The number of amides is 1. The topological polar surface area (TPSA) is 101 Å². The number of thiophene rings is 1. The lowest BCUT2D eigenvalue weighted by Gasteiger charge is -2.44. The number of nitrogens with one attached hydrogen (secondary N) is 1. The molecule has 8 heteroatoms. The van der Waals surface area contributed by atoms with E-state index in [1.165, 1.54) is 22.7 Å². The molecule has 1 spiro atoms. The maximum absolute atomic E-state index is 12.8. The van der Waals surface area contributed by atoms with Crippen LogP contribution in [0.1, 0.15) is 33.6 Å². The molecule has 0 aromatic carbocycles. The number of nitrogens with two attached hydrogens (primary N) is 1. The zero-order chi connectivity index (χ0) is 20.7. The molecule has 3 aromatic rings. The summed E-state index contributed by atoms with van der Waals surface area (Å²) in [4.78, 5) is 35.4. The summed E-state index contributed by atoms with van der Waals surface area (Å²) in [7, 11) is 0. The number of hydrogen-bond acceptors (Lipinski definition) is 6. The summed E-state index contributed by atoms with van der Waals surface area (Å²) in [6.45, 7) is 1.91. The van der Waals surface area contributed by atoms with Crippen molar-refractivity contribution in [3.63, 3.8) is 0 Å². The summed E-state index contributed by atoms with van der Waals surface area (Å²) in [5.41, 5.74) is 7.91. The van der Waals surface area contributed by atoms with E-state index in [1.54, 1.807) is 23.5 Å². The van der Waals surface area contributed by atoms with Crippen molar-refractivity contribution in [2.75, 3.05) is 25.4 Å². The first-order chi connectivity index (χ1) is 14.5. The number of H-pyrrole nitrogens is 1. The van der Waals surface area contributed by atoms with Crippen LogP contribution in [0, 0.1) is 0 Å². The third-order valence-corrected chi connectivity index (χ3v) is 7.14. The number of aromatic nitrogens is 2. The standard InChI is InChI=1S/C22H22N4O3S/c23-19-3-1-2-16(25-19)18-12-15-17(30-18)6-11-29-22(15)7-9-26(10-8-22)21(28)14-4-5-20(27)24-13-14/h1-5,12-13H,6-11H2,(H2,23,25)(H,24,27). The molecule has 5 heterocycles. The molecule has 1 amide bonds. The number of nitrogens with zero attached hydrogens (tertiary/aromatic N) is 2. The molecule has 2 aliphatic heterocycles. The van der Waals surface area contributed by atoms with E-state index in [0.717, 1.165) is 29.8 Å². The Morgan fingerprint density at radius 1 is 1.23 bits per heavy atom. The van der Waals surface area contributed by atoms with Gasteiger partial charge in [0.2, 0.25) is 5.56 Å². The molecule has 5 rings (SSSR count). The summed E-state index contributed by atoms with van der Waals surface area (Å²) in [5.74, 6) is 0.450. The van der Waals surface area contributed by atoms with Gasteiger partial charge in [-0.2, -0.15) is 0 Å². The Morgan fingerprint density at radius 3 is 2.80 bits per heavy atom. The fourth-order valence-electron chi connectivity index (χ4n) is 4.34. The Morgan fingerprint density at radius 2 is 2.07 bits per heavy atom. The molecule has 154 valence electrons. The fraction of sp³-hybridized carbons (Fsp3) is 0.318. The molecule has 3 aromatic heterocycles. The van der Waals surface area contributed by atoms with Crippen molar-refractivity contribution in [2.45, 2.75) is 24.9 Å². The molecule has 0 aliphatic carbocycles. The summed E-state index contributed by atoms with van der Waals surface area (Å²) in [6, 6.07) is 10.8. The molecular formula is C22H22N4O3S. The van der Waals surface area contributed by atoms with E-state index in [2.05, 4.69) is 16.0 Å². The first-order valence-electron chi connectivity index (χ1n) is 10.0. The van der Waals surface area contributed by atoms with Crippen LogP contribution in [-0.2, 0) is 16.8 Å². The zero-order valence-electron chi connectivity index (χ0n) is 16.4. The molecule has 1 fully saturated rings. The van der Waals surface area contributed by atoms with Gasteiger partial charge in [-0.3, -0.25) is 9.59 Å². The van der Waals surface area contributed by atoms with Crippen LogP contribution < -0.4 is 11.3 Å². The maximum Gasteiger partial charge on any atom is 0.255 e. The van der Waals surface area contributed by atoms with Crippen molar-refractivity contribution in [3.8, 4) is 10.6 Å². The largest absolute Gasteiger partial charge is 0.384 e. The number of carbonyl (C=O) groups excluding carboxylic acids is 1. The second kappa shape index (κ2) is 7.37. The minimum absolute atomic E-state index is 0.0629. The van der Waals surface area contributed by atoms with Crippen molar-refractivity contribution in [1.29, 1.82) is 0 Å². The number of anilines is 1. The smallest absolute Gasteiger partial charge is 0.255 e. The van der Waals surface area contributed by atoms with Crippen molar-refractivity contribution in [2.24, 2.45) is 0 Å². The van der Waals surface area contributed by atoms with E-state index in [1.807, 2.05) is 17.0 Å². The van der Waals surface area contributed by atoms with Crippen molar-refractivity contribution >= 4 is 23.1 Å². The monoisotopic (exact) mass is 422 g/mol. The molecule has 7 nitrogen and oxygen atoms in total. The SMILES string of the molecule is Nc1cccc(-c2cc3c(s2)CCOC32CCN(C(=O)c3ccc(=O)[nH]c3)CC2)n1. The Labute approximate surface area is 177 Å². The van der Waals surface area contributed by atoms with Gasteiger partial charge in [0.05, 0.1) is 28.3 Å². The molecule has 3 N–H and O–H groups in total. The molecule has 0 atom stereocenters. The molecule has 30 heavy (non-hydrogen) atoms. The van der Waals surface area contributed by atoms with Crippen LogP contribution in [-0.4, -0.2) is 40.5 Å². The number of aromatic amines is 1. The minimum atomic E-state index is -0.357. The lowest BCUT2D eigenvalue weighted by Crippen LogP contribution is -2.48. The van der Waals surface area contributed by atoms with Crippen LogP contribution in [0.4, 0.5) is 5.82 Å². The lowest BCUT2D eigenvalue weighted by molar-refractivity contribution is -0.0926. The van der Waals surface area contributed by atoms with Crippen LogP contribution in [0.15, 0.2) is 47.4 Å². The van der Waals surface area contributed by atoms with Crippen molar-refractivity contribution < 1.29 is 9.53 Å². The number of likely N-dealkylation sites (tertiary alicyclic amines) is 1. The van der Waals surface area contributed by atoms with Gasteiger partial charge < -0.3 is 20.4 Å². The number of piperidine rings is 1. The molecule has 0 saturated carbocycles. The third-order valence-electron chi connectivity index (χ3n) is 5.92. The normalized spacial score (nSPS) is 17.7. The van der Waals surface area contributed by atoms with Gasteiger partial charge in [-0.1, -0.05) is 6.07 Å². The second-order valence-corrected chi connectivity index (χ2v) is 8.86. The van der Waals surface area contributed by atoms with Crippen LogP contribution in [0.3, 0.4) is 0 Å². The molecule has 0 unspecified atom stereocenters. The summed E-state index contributed by atoms with van der Waals surface area (Å²) >= 11 is 1.76. The fourth-order valence-corrected chi connectivity index (χ4v) is 5.54. The van der Waals surface area contributed by atoms with Gasteiger partial charge in [0.15, 0.2) is 0 Å². The highest BCUT2D eigenvalue weighted by molar-refractivity contribution is 7.15. The van der Waals surface area contributed by atoms with E-state index < -0.39 is 0 Å². The average Bonchev–Trinajstić information content (AvgIpc) is 3.21. The Hall–Kier alpha value is -2.97. The van der Waals surface area contributed by atoms with Gasteiger partial charge in [0, 0.05) is 36.7 Å². The Balaban J connectivity index is 1.38. The number of pyridine rings is 2. The number of hydrogen-bond donors (Lipinski definition) is 2. The van der Waals surface area contributed by atoms with Crippen molar-refractivity contribution in [1.82, 2.24) is 14.9 Å². The minimum Gasteiger partial charge on any atom is -0.384 e. The van der Waals surface area contributed by atoms with E-state index >= 15 is 0 Å². The number of carbonyl (C=O) groups is 1. The number of nitrogen functional groups attached to an aromatic ring is 1. The van der Waals surface area contributed by atoms with Gasteiger partial charge in [0.1, 0.15) is 5.82 Å². The van der Waals surface area contributed by atoms with E-state index in [4.69, 9.17) is 10.5 Å². The van der Waals surface area contributed by atoms with Crippen LogP contribution in [0.2, 0.25) is 0 Å². The second-order valence-electron chi connectivity index (χ2n) is 7.72. The van der Waals surface area contributed by atoms with Gasteiger partial charge in [-0.15, -0.1) is 11.3 Å². The number of ether oxygens (including phenoxy) is 1. The molecular weight excluding hydrogens is 400 g/mol. The molecule has 2 aliphatic rings. The first kappa shape index (κ1) is 19.0. The van der Waals surface area contributed by atoms with E-state index in [9.17, 15) is 9.59 Å². The van der Waals surface area contributed by atoms with Crippen molar-refractivity contribution in [3.05, 3.63) is 69.0 Å². The quantitative estimate of drug-likeness (QED) is 0.661. The average molecular weight is 423 g/mol. The van der Waals surface area contributed by atoms with E-state index in [0.29, 0.717) is 31.1 Å². The Bertz CT molecular complexity index is 1140. The summed E-state index contributed by atoms with van der Waals surface area (Å²) < 4.78 is 6.33. The van der Waals surface area contributed by atoms with Gasteiger partial charge in [-0.25, -0.2) is 4.98 Å². The number of fused-ring (bicyclic) bond motifs is 2. The van der Waals surface area contributed by atoms with Gasteiger partial charge >= 0.3 is 0 Å². The highest BCUT2D eigenvalue weighted by atomic mass is 32.1. The van der Waals surface area contributed by atoms with Gasteiger partial charge in [0.25, 0.3) is 5.91 Å². The summed E-state index contributed by atoms with van der Waals surface area (Å²) in [5, 5.41) is 0. The molecule has 0 radical (unpaired) electrons.